The van der Waals surface area contributed by atoms with Crippen molar-refractivity contribution in [3.63, 3.8) is 0 Å². The number of hydrogen-bond donors (Lipinski definition) is 0. The minimum Gasteiger partial charge on any atom is -0.350 e. The van der Waals surface area contributed by atoms with Gasteiger partial charge in [-0.15, -0.1) is 5.10 Å². The highest BCUT2D eigenvalue weighted by atomic mass is 16.7. The molecule has 0 unspecified atom stereocenters. The van der Waals surface area contributed by atoms with E-state index in [1.54, 1.807) is 4.68 Å². The predicted octanol–water partition coefficient (Wildman–Crippen LogP) is 2.74. The Labute approximate surface area is 178 Å². The predicted molar refractivity (Wildman–Crippen MR) is 115 cm³/mol. The lowest BCUT2D eigenvalue weighted by Crippen LogP contribution is -2.52. The van der Waals surface area contributed by atoms with Gasteiger partial charge in [-0.2, -0.15) is 0 Å². The van der Waals surface area contributed by atoms with Crippen LogP contribution >= 0.6 is 0 Å². The summed E-state index contributed by atoms with van der Waals surface area (Å²) in [7, 11) is 0. The Morgan fingerprint density at radius 1 is 1.13 bits per heavy atom. The molecule has 160 valence electrons. The number of aromatic nitrogens is 4. The summed E-state index contributed by atoms with van der Waals surface area (Å²) in [5, 5.41) is 8.50. The summed E-state index contributed by atoms with van der Waals surface area (Å²) in [5.41, 5.74) is 4.02. The molecule has 7 nitrogen and oxygen atoms in total. The van der Waals surface area contributed by atoms with E-state index >= 15 is 0 Å². The van der Waals surface area contributed by atoms with Gasteiger partial charge in [0.15, 0.2) is 6.29 Å². The number of aryl methyl sites for hydroxylation is 1. The van der Waals surface area contributed by atoms with Crippen molar-refractivity contribution >= 4 is 0 Å². The van der Waals surface area contributed by atoms with Crippen LogP contribution < -0.4 is 0 Å². The average Bonchev–Trinajstić information content (AvgIpc) is 3.10. The van der Waals surface area contributed by atoms with E-state index in [0.717, 1.165) is 42.1 Å². The fraction of sp³-hybridized carbons (Fsp3) is 0.609. The summed E-state index contributed by atoms with van der Waals surface area (Å²) in [5.74, 6) is 6.49. The molecule has 7 heteroatoms. The molecule has 2 aromatic rings. The van der Waals surface area contributed by atoms with Crippen LogP contribution in [-0.4, -0.2) is 64.0 Å². The SMILES string of the molecule is Cc1cc(C#CCN2CC(C)(C)C2)cnc1-c1cn(CC2OCC(C)(C)CO2)nn1. The number of pyridine rings is 1. The minimum absolute atomic E-state index is 0.0571. The van der Waals surface area contributed by atoms with Crippen LogP contribution in [0.1, 0.15) is 38.8 Å². The molecule has 2 aliphatic rings. The Hall–Kier alpha value is -2.27. The van der Waals surface area contributed by atoms with E-state index in [1.165, 1.54) is 0 Å². The Morgan fingerprint density at radius 3 is 2.53 bits per heavy atom. The third kappa shape index (κ3) is 5.07. The van der Waals surface area contributed by atoms with Crippen molar-refractivity contribution in [1.29, 1.82) is 0 Å². The van der Waals surface area contributed by atoms with Crippen LogP contribution in [-0.2, 0) is 16.0 Å². The molecule has 4 rings (SSSR count). The van der Waals surface area contributed by atoms with Gasteiger partial charge < -0.3 is 9.47 Å². The summed E-state index contributed by atoms with van der Waals surface area (Å²) in [6.45, 7) is 15.8. The van der Waals surface area contributed by atoms with E-state index in [2.05, 4.69) is 65.8 Å². The number of rotatable bonds is 4. The van der Waals surface area contributed by atoms with Crippen LogP contribution in [0.2, 0.25) is 0 Å². The van der Waals surface area contributed by atoms with Gasteiger partial charge in [0.2, 0.25) is 0 Å². The Morgan fingerprint density at radius 2 is 1.87 bits per heavy atom. The van der Waals surface area contributed by atoms with E-state index in [1.807, 2.05) is 19.3 Å². The standard InChI is InChI=1S/C23H31N5O2/c1-17-9-18(7-6-8-27-13-22(2,3)14-27)10-24-21(17)19-11-28(26-25-19)12-20-29-15-23(4,5)16-30-20/h9-11,20H,8,12-16H2,1-5H3. The molecule has 0 amide bonds. The molecule has 0 atom stereocenters. The summed E-state index contributed by atoms with van der Waals surface area (Å²) >= 11 is 0. The van der Waals surface area contributed by atoms with Gasteiger partial charge in [0.05, 0.1) is 38.2 Å². The Balaban J connectivity index is 1.36. The lowest BCUT2D eigenvalue weighted by atomic mass is 9.84. The number of nitrogens with zero attached hydrogens (tertiary/aromatic N) is 5. The number of likely N-dealkylation sites (tertiary alicyclic amines) is 1. The second kappa shape index (κ2) is 8.10. The van der Waals surface area contributed by atoms with Crippen LogP contribution in [0.25, 0.3) is 11.4 Å². The normalized spacial score (nSPS) is 21.0. The zero-order valence-corrected chi connectivity index (χ0v) is 18.6. The van der Waals surface area contributed by atoms with Gasteiger partial charge in [-0.3, -0.25) is 9.88 Å². The number of hydrogen-bond acceptors (Lipinski definition) is 6. The van der Waals surface area contributed by atoms with Crippen molar-refractivity contribution in [2.45, 2.75) is 47.5 Å². The first kappa shape index (κ1) is 21.0. The summed E-state index contributed by atoms with van der Waals surface area (Å²) in [4.78, 5) is 6.95. The van der Waals surface area contributed by atoms with Gasteiger partial charge in [-0.25, -0.2) is 4.68 Å². The van der Waals surface area contributed by atoms with E-state index < -0.39 is 0 Å². The van der Waals surface area contributed by atoms with E-state index in [0.29, 0.717) is 25.2 Å². The topological polar surface area (TPSA) is 65.3 Å². The molecule has 0 saturated carbocycles. The van der Waals surface area contributed by atoms with Crippen LogP contribution in [0, 0.1) is 29.6 Å². The largest absolute Gasteiger partial charge is 0.350 e. The van der Waals surface area contributed by atoms with Crippen molar-refractivity contribution in [3.05, 3.63) is 29.6 Å². The molecule has 0 bridgehead atoms. The highest BCUT2D eigenvalue weighted by molar-refractivity contribution is 5.58. The van der Waals surface area contributed by atoms with E-state index in [-0.39, 0.29) is 11.7 Å². The fourth-order valence-corrected chi connectivity index (χ4v) is 3.92. The molecular weight excluding hydrogens is 378 g/mol. The van der Waals surface area contributed by atoms with E-state index in [4.69, 9.17) is 9.47 Å². The van der Waals surface area contributed by atoms with Crippen LogP contribution in [0.3, 0.4) is 0 Å². The lowest BCUT2D eigenvalue weighted by Gasteiger charge is -2.44. The maximum atomic E-state index is 5.78. The van der Waals surface area contributed by atoms with Gasteiger partial charge in [-0.1, -0.05) is 44.7 Å². The Kier molecular flexibility index (Phi) is 5.67. The maximum absolute atomic E-state index is 5.78. The van der Waals surface area contributed by atoms with Gasteiger partial charge in [0.25, 0.3) is 0 Å². The molecule has 0 spiro atoms. The van der Waals surface area contributed by atoms with E-state index in [9.17, 15) is 0 Å². The van der Waals surface area contributed by atoms with Crippen molar-refractivity contribution in [1.82, 2.24) is 24.9 Å². The van der Waals surface area contributed by atoms with Gasteiger partial charge in [0, 0.05) is 30.3 Å². The zero-order valence-electron chi connectivity index (χ0n) is 18.6. The first-order valence-corrected chi connectivity index (χ1v) is 10.5. The highest BCUT2D eigenvalue weighted by Crippen LogP contribution is 2.28. The minimum atomic E-state index is -0.295. The molecular formula is C23H31N5O2. The third-order valence-corrected chi connectivity index (χ3v) is 5.35. The molecule has 2 fully saturated rings. The van der Waals surface area contributed by atoms with Crippen molar-refractivity contribution < 1.29 is 9.47 Å². The molecule has 0 aliphatic carbocycles. The molecule has 0 radical (unpaired) electrons. The molecule has 30 heavy (non-hydrogen) atoms. The van der Waals surface area contributed by atoms with Crippen molar-refractivity contribution in [2.75, 3.05) is 32.8 Å². The molecule has 0 aromatic carbocycles. The highest BCUT2D eigenvalue weighted by Gasteiger charge is 2.33. The number of ether oxygens (including phenoxy) is 2. The maximum Gasteiger partial charge on any atom is 0.177 e. The molecule has 2 aliphatic heterocycles. The van der Waals surface area contributed by atoms with Crippen molar-refractivity contribution in [2.24, 2.45) is 10.8 Å². The smallest absolute Gasteiger partial charge is 0.177 e. The van der Waals surface area contributed by atoms with Crippen molar-refractivity contribution in [3.8, 4) is 23.2 Å². The lowest BCUT2D eigenvalue weighted by molar-refractivity contribution is -0.227. The first-order chi connectivity index (χ1) is 14.2. The molecule has 2 saturated heterocycles. The monoisotopic (exact) mass is 409 g/mol. The summed E-state index contributed by atoms with van der Waals surface area (Å²) < 4.78 is 13.3. The molecule has 4 heterocycles. The average molecular weight is 410 g/mol. The summed E-state index contributed by atoms with van der Waals surface area (Å²) in [6, 6.07) is 2.06. The van der Waals surface area contributed by atoms with Gasteiger partial charge >= 0.3 is 0 Å². The van der Waals surface area contributed by atoms with Crippen LogP contribution in [0.5, 0.6) is 0 Å². The second-order valence-electron chi connectivity index (χ2n) is 10.0. The van der Waals surface area contributed by atoms with Crippen LogP contribution in [0.15, 0.2) is 18.5 Å². The quantitative estimate of drug-likeness (QED) is 0.724. The fourth-order valence-electron chi connectivity index (χ4n) is 3.92. The second-order valence-corrected chi connectivity index (χ2v) is 10.0. The Bertz CT molecular complexity index is 951. The first-order valence-electron chi connectivity index (χ1n) is 10.5. The molecule has 0 N–H and O–H groups in total. The zero-order chi connectivity index (χ0) is 21.4. The van der Waals surface area contributed by atoms with Gasteiger partial charge in [0.1, 0.15) is 5.69 Å². The molecule has 2 aromatic heterocycles. The summed E-state index contributed by atoms with van der Waals surface area (Å²) in [6.07, 6.45) is 3.40. The van der Waals surface area contributed by atoms with Gasteiger partial charge in [-0.05, 0) is 24.0 Å². The third-order valence-electron chi connectivity index (χ3n) is 5.35. The van der Waals surface area contributed by atoms with Crippen LogP contribution in [0.4, 0.5) is 0 Å².